The van der Waals surface area contributed by atoms with Gasteiger partial charge < -0.3 is 4.90 Å². The first kappa shape index (κ1) is 7.14. The molecule has 0 saturated carbocycles. The molecule has 4 nitrogen and oxygen atoms in total. The number of carbonyl (C=O) groups excluding carboxylic acids is 1. The summed E-state index contributed by atoms with van der Waals surface area (Å²) in [6.45, 7) is 0. The van der Waals surface area contributed by atoms with Crippen molar-refractivity contribution < 1.29 is 4.79 Å². The normalized spacial score (nSPS) is 9.40. The third-order valence-corrected chi connectivity index (χ3v) is 1.63. The topological polar surface area (TPSA) is 46.1 Å². The van der Waals surface area contributed by atoms with E-state index in [-0.39, 0.29) is 5.91 Å². The second-order valence-corrected chi connectivity index (χ2v) is 2.77. The van der Waals surface area contributed by atoms with Crippen LogP contribution in [0.3, 0.4) is 0 Å². The highest BCUT2D eigenvalue weighted by atomic mass is 32.1. The molecule has 1 aromatic heterocycles. The summed E-state index contributed by atoms with van der Waals surface area (Å²) in [4.78, 5) is 13.1. The molecule has 1 rings (SSSR count). The Balaban J connectivity index is 2.78. The molecule has 0 aliphatic carbocycles. The van der Waals surface area contributed by atoms with Crippen molar-refractivity contribution in [2.24, 2.45) is 0 Å². The summed E-state index contributed by atoms with van der Waals surface area (Å²) in [5.74, 6) is -0.0463. The summed E-state index contributed by atoms with van der Waals surface area (Å²) in [6.07, 6.45) is 1.47. The summed E-state index contributed by atoms with van der Waals surface area (Å²) in [5, 5.41) is 3.55. The van der Waals surface area contributed by atoms with Crippen LogP contribution in [0.15, 0.2) is 6.20 Å². The fourth-order valence-electron chi connectivity index (χ4n) is 0.482. The molecule has 0 fully saturated rings. The zero-order chi connectivity index (χ0) is 7.56. The van der Waals surface area contributed by atoms with Gasteiger partial charge in [-0.25, -0.2) is 0 Å². The zero-order valence-electron chi connectivity index (χ0n) is 5.74. The minimum Gasteiger partial charge on any atom is -0.344 e. The number of carbonyl (C=O) groups is 1. The molecule has 0 aliphatic heterocycles. The van der Waals surface area contributed by atoms with Crippen molar-refractivity contribution in [2.45, 2.75) is 0 Å². The minimum absolute atomic E-state index is 0.0463. The van der Waals surface area contributed by atoms with Crippen LogP contribution in [0.5, 0.6) is 0 Å². The fourth-order valence-corrected chi connectivity index (χ4v) is 1.02. The van der Waals surface area contributed by atoms with Gasteiger partial charge in [0.15, 0.2) is 0 Å². The average Bonchev–Trinajstić information content (AvgIpc) is 2.36. The molecule has 5 heteroatoms. The number of hydrogen-bond acceptors (Lipinski definition) is 4. The van der Waals surface area contributed by atoms with Crippen molar-refractivity contribution in [1.82, 2.24) is 14.5 Å². The number of nitrogens with zero attached hydrogens (tertiary/aromatic N) is 3. The molecule has 0 radical (unpaired) electrons. The monoisotopic (exact) mass is 157 g/mol. The predicted molar refractivity (Wildman–Crippen MR) is 37.9 cm³/mol. The van der Waals surface area contributed by atoms with Crippen molar-refractivity contribution in [1.29, 1.82) is 0 Å². The number of amides is 1. The summed E-state index contributed by atoms with van der Waals surface area (Å²) >= 11 is 1.11. The molecule has 1 heterocycles. The van der Waals surface area contributed by atoms with E-state index in [1.807, 2.05) is 0 Å². The van der Waals surface area contributed by atoms with Gasteiger partial charge in [0.25, 0.3) is 5.91 Å². The summed E-state index contributed by atoms with van der Waals surface area (Å²) in [5.41, 5.74) is 0. The van der Waals surface area contributed by atoms with Crippen LogP contribution in [0.4, 0.5) is 0 Å². The van der Waals surface area contributed by atoms with Crippen molar-refractivity contribution in [3.05, 3.63) is 11.1 Å². The summed E-state index contributed by atoms with van der Waals surface area (Å²) in [7, 11) is 3.39. The molecule has 0 aliphatic rings. The molecule has 0 spiro atoms. The number of aromatic nitrogens is 2. The SMILES string of the molecule is CN(C)C(=O)c1cnns1. The van der Waals surface area contributed by atoms with E-state index in [2.05, 4.69) is 9.59 Å². The van der Waals surface area contributed by atoms with Gasteiger partial charge in [0.05, 0.1) is 6.20 Å². The minimum atomic E-state index is -0.0463. The van der Waals surface area contributed by atoms with E-state index in [9.17, 15) is 4.79 Å². The van der Waals surface area contributed by atoms with Crippen molar-refractivity contribution in [3.63, 3.8) is 0 Å². The van der Waals surface area contributed by atoms with Gasteiger partial charge in [-0.3, -0.25) is 4.79 Å². The molecule has 0 aromatic carbocycles. The first-order chi connectivity index (χ1) is 4.72. The van der Waals surface area contributed by atoms with E-state index >= 15 is 0 Å². The molecule has 0 N–H and O–H groups in total. The molecule has 0 bridgehead atoms. The highest BCUT2D eigenvalue weighted by Crippen LogP contribution is 2.03. The van der Waals surface area contributed by atoms with Gasteiger partial charge in [0.1, 0.15) is 4.88 Å². The summed E-state index contributed by atoms with van der Waals surface area (Å²) < 4.78 is 3.57. The van der Waals surface area contributed by atoms with Gasteiger partial charge in [0.2, 0.25) is 0 Å². The highest BCUT2D eigenvalue weighted by molar-refractivity contribution is 7.07. The maximum atomic E-state index is 11.1. The van der Waals surface area contributed by atoms with Gasteiger partial charge in [-0.1, -0.05) is 4.49 Å². The van der Waals surface area contributed by atoms with Crippen LogP contribution in [0.25, 0.3) is 0 Å². The maximum Gasteiger partial charge on any atom is 0.266 e. The molecule has 0 atom stereocenters. The van der Waals surface area contributed by atoms with E-state index < -0.39 is 0 Å². The first-order valence-electron chi connectivity index (χ1n) is 2.71. The van der Waals surface area contributed by atoms with Crippen LogP contribution in [-0.4, -0.2) is 34.5 Å². The van der Waals surface area contributed by atoms with Gasteiger partial charge >= 0.3 is 0 Å². The Morgan fingerprint density at radius 3 is 2.80 bits per heavy atom. The molecule has 0 unspecified atom stereocenters. The summed E-state index contributed by atoms with van der Waals surface area (Å²) in [6, 6.07) is 0. The van der Waals surface area contributed by atoms with E-state index in [4.69, 9.17) is 0 Å². The van der Waals surface area contributed by atoms with Crippen LogP contribution < -0.4 is 0 Å². The molecular formula is C5H7N3OS. The van der Waals surface area contributed by atoms with E-state index in [0.29, 0.717) is 4.88 Å². The Morgan fingerprint density at radius 2 is 2.40 bits per heavy atom. The Labute approximate surface area is 62.6 Å². The third kappa shape index (κ3) is 1.30. The van der Waals surface area contributed by atoms with E-state index in [1.165, 1.54) is 11.1 Å². The second-order valence-electron chi connectivity index (χ2n) is 1.98. The largest absolute Gasteiger partial charge is 0.344 e. The Hall–Kier alpha value is -0.970. The van der Waals surface area contributed by atoms with Crippen molar-refractivity contribution >= 4 is 17.4 Å². The van der Waals surface area contributed by atoms with Crippen LogP contribution in [0, 0.1) is 0 Å². The maximum absolute atomic E-state index is 11.1. The zero-order valence-corrected chi connectivity index (χ0v) is 6.55. The predicted octanol–water partition coefficient (Wildman–Crippen LogP) is 0.240. The lowest BCUT2D eigenvalue weighted by Gasteiger charge is -2.05. The molecule has 0 saturated heterocycles. The lowest BCUT2D eigenvalue weighted by atomic mass is 10.5. The molecule has 10 heavy (non-hydrogen) atoms. The standard InChI is InChI=1S/C5H7N3OS/c1-8(2)5(9)4-3-6-7-10-4/h3H,1-2H3. The fraction of sp³-hybridized carbons (Fsp3) is 0.400. The van der Waals surface area contributed by atoms with Crippen LogP contribution in [-0.2, 0) is 0 Å². The quantitative estimate of drug-likeness (QED) is 0.586. The average molecular weight is 157 g/mol. The van der Waals surface area contributed by atoms with Gasteiger partial charge in [-0.2, -0.15) is 0 Å². The molecular weight excluding hydrogens is 150 g/mol. The van der Waals surface area contributed by atoms with Gasteiger partial charge in [-0.05, 0) is 11.5 Å². The third-order valence-electron chi connectivity index (χ3n) is 0.978. The first-order valence-corrected chi connectivity index (χ1v) is 3.48. The van der Waals surface area contributed by atoms with Crippen molar-refractivity contribution in [2.75, 3.05) is 14.1 Å². The van der Waals surface area contributed by atoms with E-state index in [1.54, 1.807) is 14.1 Å². The molecule has 1 amide bonds. The van der Waals surface area contributed by atoms with Crippen LogP contribution in [0.2, 0.25) is 0 Å². The van der Waals surface area contributed by atoms with Gasteiger partial charge in [-0.15, -0.1) is 5.10 Å². The Morgan fingerprint density at radius 1 is 1.70 bits per heavy atom. The second kappa shape index (κ2) is 2.74. The Kier molecular flexibility index (Phi) is 1.96. The lowest BCUT2D eigenvalue weighted by molar-refractivity contribution is 0.0832. The smallest absolute Gasteiger partial charge is 0.266 e. The lowest BCUT2D eigenvalue weighted by Crippen LogP contribution is -2.20. The van der Waals surface area contributed by atoms with Crippen LogP contribution >= 0.6 is 11.5 Å². The molecule has 54 valence electrons. The number of rotatable bonds is 1. The van der Waals surface area contributed by atoms with Crippen LogP contribution in [0.1, 0.15) is 9.67 Å². The van der Waals surface area contributed by atoms with Gasteiger partial charge in [0, 0.05) is 14.1 Å². The van der Waals surface area contributed by atoms with Crippen molar-refractivity contribution in [3.8, 4) is 0 Å². The Bertz CT molecular complexity index is 219. The highest BCUT2D eigenvalue weighted by Gasteiger charge is 2.08. The number of hydrogen-bond donors (Lipinski definition) is 0. The molecule has 1 aromatic rings. The van der Waals surface area contributed by atoms with E-state index in [0.717, 1.165) is 11.5 Å².